The number of carbonyl (C=O) groups is 1. The number of ether oxygens (including phenoxy) is 2. The Bertz CT molecular complexity index is 1290. The minimum Gasteiger partial charge on any atom is -0.494 e. The first-order valence-electron chi connectivity index (χ1n) is 8.20. The number of halogens is 3. The molecule has 0 fully saturated rings. The van der Waals surface area contributed by atoms with Gasteiger partial charge in [0.2, 0.25) is 0 Å². The number of thiazole rings is 1. The SMILES string of the molecule is COc1c(Cl)cc2cc1S(=O)(=O)Nc1cc(c(F)cc1F)-c1scnc1COC2=O. The van der Waals surface area contributed by atoms with Gasteiger partial charge in [0, 0.05) is 11.6 Å². The summed E-state index contributed by atoms with van der Waals surface area (Å²) in [5.74, 6) is -3.19. The highest BCUT2D eigenvalue weighted by Crippen LogP contribution is 2.38. The molecule has 0 radical (unpaired) electrons. The van der Waals surface area contributed by atoms with E-state index in [0.717, 1.165) is 23.5 Å². The molecule has 2 aromatic carbocycles. The lowest BCUT2D eigenvalue weighted by Gasteiger charge is -2.15. The third-order valence-corrected chi connectivity index (χ3v) is 6.82. The second kappa shape index (κ2) is 7.49. The van der Waals surface area contributed by atoms with E-state index in [9.17, 15) is 22.0 Å². The summed E-state index contributed by atoms with van der Waals surface area (Å²) in [6, 6.07) is 3.75. The normalized spacial score (nSPS) is 15.0. The zero-order chi connectivity index (χ0) is 21.6. The number of esters is 1. The van der Waals surface area contributed by atoms with Gasteiger partial charge in [-0.1, -0.05) is 11.6 Å². The molecule has 4 rings (SSSR count). The molecule has 12 heteroatoms. The van der Waals surface area contributed by atoms with Crippen molar-refractivity contribution in [3.8, 4) is 16.2 Å². The first kappa shape index (κ1) is 20.5. The molecule has 0 spiro atoms. The lowest BCUT2D eigenvalue weighted by Crippen LogP contribution is -2.16. The molecule has 0 aliphatic carbocycles. The lowest BCUT2D eigenvalue weighted by atomic mass is 10.1. The number of rotatable bonds is 1. The van der Waals surface area contributed by atoms with E-state index < -0.39 is 38.2 Å². The van der Waals surface area contributed by atoms with Crippen LogP contribution in [0.15, 0.2) is 34.7 Å². The van der Waals surface area contributed by atoms with Crippen molar-refractivity contribution >= 4 is 44.6 Å². The third-order valence-electron chi connectivity index (χ3n) is 4.27. The van der Waals surface area contributed by atoms with Gasteiger partial charge in [0.25, 0.3) is 10.0 Å². The molecule has 156 valence electrons. The number of hydrogen-bond acceptors (Lipinski definition) is 7. The summed E-state index contributed by atoms with van der Waals surface area (Å²) in [7, 11) is -3.30. The van der Waals surface area contributed by atoms with E-state index in [0.29, 0.717) is 6.07 Å². The highest BCUT2D eigenvalue weighted by atomic mass is 35.5. The van der Waals surface area contributed by atoms with Crippen molar-refractivity contribution in [1.82, 2.24) is 4.98 Å². The number of aromatic nitrogens is 1. The number of anilines is 1. The van der Waals surface area contributed by atoms with Crippen LogP contribution < -0.4 is 9.46 Å². The van der Waals surface area contributed by atoms with Crippen molar-refractivity contribution in [2.24, 2.45) is 0 Å². The van der Waals surface area contributed by atoms with Gasteiger partial charge in [-0.3, -0.25) is 4.72 Å². The van der Waals surface area contributed by atoms with Crippen molar-refractivity contribution in [2.75, 3.05) is 11.8 Å². The number of fused-ring (bicyclic) bond motifs is 6. The number of nitrogens with one attached hydrogen (secondary N) is 1. The second-order valence-corrected chi connectivity index (χ2v) is 9.02. The van der Waals surface area contributed by atoms with E-state index in [1.807, 2.05) is 0 Å². The fourth-order valence-electron chi connectivity index (χ4n) is 2.89. The summed E-state index contributed by atoms with van der Waals surface area (Å²) < 4.78 is 67.1. The predicted octanol–water partition coefficient (Wildman–Crippen LogP) is 4.22. The van der Waals surface area contributed by atoms with Gasteiger partial charge in [0.05, 0.1) is 39.5 Å². The van der Waals surface area contributed by atoms with Crippen LogP contribution in [-0.4, -0.2) is 26.5 Å². The van der Waals surface area contributed by atoms with Crippen molar-refractivity contribution < 1.29 is 31.5 Å². The van der Waals surface area contributed by atoms with Crippen LogP contribution in [0.2, 0.25) is 5.02 Å². The number of cyclic esters (lactones) is 1. The molecule has 4 bridgehead atoms. The second-order valence-electron chi connectivity index (χ2n) is 6.11. The van der Waals surface area contributed by atoms with Gasteiger partial charge in [-0.05, 0) is 18.2 Å². The Morgan fingerprint density at radius 2 is 2.00 bits per heavy atom. The Kier molecular flexibility index (Phi) is 5.12. The van der Waals surface area contributed by atoms with Crippen LogP contribution in [-0.2, 0) is 21.4 Å². The van der Waals surface area contributed by atoms with Crippen LogP contribution >= 0.6 is 22.9 Å². The van der Waals surface area contributed by atoms with Gasteiger partial charge in [-0.25, -0.2) is 27.0 Å². The number of hydrogen-bond donors (Lipinski definition) is 1. The Morgan fingerprint density at radius 3 is 2.73 bits per heavy atom. The van der Waals surface area contributed by atoms with Crippen LogP contribution in [0.3, 0.4) is 0 Å². The Balaban J connectivity index is 2.00. The molecule has 3 aromatic rings. The molecule has 0 unspecified atom stereocenters. The van der Waals surface area contributed by atoms with Crippen LogP contribution in [0.25, 0.3) is 10.4 Å². The summed E-state index contributed by atoms with van der Waals surface area (Å²) in [4.78, 5) is 16.3. The molecule has 1 aromatic heterocycles. The minimum absolute atomic E-state index is 0.0985. The molecule has 7 nitrogen and oxygen atoms in total. The van der Waals surface area contributed by atoms with E-state index in [2.05, 4.69) is 9.71 Å². The Morgan fingerprint density at radius 1 is 1.23 bits per heavy atom. The summed E-state index contributed by atoms with van der Waals surface area (Å²) in [6.07, 6.45) is 0. The van der Waals surface area contributed by atoms with E-state index in [1.54, 1.807) is 0 Å². The average Bonchev–Trinajstić information content (AvgIpc) is 3.15. The van der Waals surface area contributed by atoms with Crippen LogP contribution in [0.5, 0.6) is 5.75 Å². The Labute approximate surface area is 178 Å². The highest BCUT2D eigenvalue weighted by molar-refractivity contribution is 7.92. The molecular formula is C18H11ClF2N2O5S2. The fourth-order valence-corrected chi connectivity index (χ4v) is 5.34. The van der Waals surface area contributed by atoms with Crippen molar-refractivity contribution in [3.63, 3.8) is 0 Å². The van der Waals surface area contributed by atoms with Gasteiger partial charge < -0.3 is 9.47 Å². The lowest BCUT2D eigenvalue weighted by molar-refractivity contribution is 0.0468. The van der Waals surface area contributed by atoms with Gasteiger partial charge in [-0.15, -0.1) is 11.3 Å². The van der Waals surface area contributed by atoms with Gasteiger partial charge in [0.15, 0.2) is 5.75 Å². The highest BCUT2D eigenvalue weighted by Gasteiger charge is 2.28. The molecule has 0 atom stereocenters. The maximum atomic E-state index is 14.5. The molecule has 0 amide bonds. The first-order valence-corrected chi connectivity index (χ1v) is 10.9. The third kappa shape index (κ3) is 3.48. The largest absolute Gasteiger partial charge is 0.494 e. The van der Waals surface area contributed by atoms with Crippen molar-refractivity contribution in [3.05, 3.63) is 57.7 Å². The molecule has 30 heavy (non-hydrogen) atoms. The molecule has 2 heterocycles. The van der Waals surface area contributed by atoms with Crippen molar-refractivity contribution in [2.45, 2.75) is 11.5 Å². The van der Waals surface area contributed by atoms with E-state index in [-0.39, 0.29) is 39.1 Å². The molecular weight excluding hydrogens is 462 g/mol. The average molecular weight is 473 g/mol. The zero-order valence-corrected chi connectivity index (χ0v) is 17.4. The van der Waals surface area contributed by atoms with Crippen LogP contribution in [0.1, 0.15) is 16.1 Å². The van der Waals surface area contributed by atoms with Crippen LogP contribution in [0, 0.1) is 11.6 Å². The number of methoxy groups -OCH3 is 1. The smallest absolute Gasteiger partial charge is 0.338 e. The maximum Gasteiger partial charge on any atom is 0.338 e. The summed E-state index contributed by atoms with van der Waals surface area (Å²) >= 11 is 7.12. The standard InChI is InChI=1S/C18H11ClF2N2O5S2/c1-27-16-10(19)2-8-3-15(16)30(25,26)23-13-4-9(11(20)5-12(13)21)17-14(22-7-29-17)6-28-18(8)24/h2-5,7,23H,6H2,1H3. The van der Waals surface area contributed by atoms with Gasteiger partial charge in [0.1, 0.15) is 23.1 Å². The number of nitrogens with zero attached hydrogens (tertiary/aromatic N) is 1. The monoisotopic (exact) mass is 472 g/mol. The minimum atomic E-state index is -4.49. The Hall–Kier alpha value is -2.76. The fraction of sp³-hybridized carbons (Fsp3) is 0.111. The maximum absolute atomic E-state index is 14.5. The molecule has 0 saturated carbocycles. The van der Waals surface area contributed by atoms with E-state index in [1.165, 1.54) is 18.7 Å². The van der Waals surface area contributed by atoms with Gasteiger partial charge in [-0.2, -0.15) is 0 Å². The number of benzene rings is 2. The quantitative estimate of drug-likeness (QED) is 0.533. The first-order chi connectivity index (χ1) is 14.2. The summed E-state index contributed by atoms with van der Waals surface area (Å²) in [6.45, 7) is -0.316. The molecule has 1 N–H and O–H groups in total. The number of carbonyl (C=O) groups excluding carboxylic acids is 1. The zero-order valence-electron chi connectivity index (χ0n) is 15.0. The summed E-state index contributed by atoms with van der Waals surface area (Å²) in [5, 5.41) is -0.170. The molecule has 1 aliphatic heterocycles. The van der Waals surface area contributed by atoms with Crippen LogP contribution in [0.4, 0.5) is 14.5 Å². The number of sulfonamides is 1. The topological polar surface area (TPSA) is 94.6 Å². The van der Waals surface area contributed by atoms with Crippen molar-refractivity contribution in [1.29, 1.82) is 0 Å². The van der Waals surface area contributed by atoms with E-state index in [4.69, 9.17) is 21.1 Å². The summed E-state index contributed by atoms with van der Waals surface area (Å²) in [5.41, 5.74) is 0.862. The predicted molar refractivity (Wildman–Crippen MR) is 105 cm³/mol. The van der Waals surface area contributed by atoms with Gasteiger partial charge >= 0.3 is 5.97 Å². The molecule has 0 saturated heterocycles. The van der Waals surface area contributed by atoms with E-state index >= 15 is 0 Å². The molecule has 1 aliphatic rings.